The zero-order valence-electron chi connectivity index (χ0n) is 35.4. The molecule has 4 aliphatic heterocycles. The minimum atomic E-state index is -1.92. The van der Waals surface area contributed by atoms with Gasteiger partial charge >= 0.3 is 5.97 Å². The van der Waals surface area contributed by atoms with Crippen molar-refractivity contribution >= 4 is 17.8 Å². The molecule has 20 atom stereocenters. The second kappa shape index (κ2) is 25.5. The van der Waals surface area contributed by atoms with Gasteiger partial charge in [-0.05, 0) is 12.8 Å². The molecule has 0 aromatic rings. The first-order valence-electron chi connectivity index (χ1n) is 21.0. The van der Waals surface area contributed by atoms with E-state index in [-0.39, 0.29) is 12.6 Å². The molecular formula is C38H66N2O23. The van der Waals surface area contributed by atoms with Gasteiger partial charge < -0.3 is 109 Å². The van der Waals surface area contributed by atoms with Crippen molar-refractivity contribution in [3.63, 3.8) is 0 Å². The molecule has 366 valence electrons. The number of methoxy groups -OCH3 is 1. The third kappa shape index (κ3) is 14.1. The average Bonchev–Trinajstić information content (AvgIpc) is 3.25. The Kier molecular flexibility index (Phi) is 21.6. The lowest BCUT2D eigenvalue weighted by molar-refractivity contribution is -0.357. The maximum Gasteiger partial charge on any atom is 0.305 e. The molecule has 0 spiro atoms. The van der Waals surface area contributed by atoms with Crippen molar-refractivity contribution in [2.75, 3.05) is 40.1 Å². The summed E-state index contributed by atoms with van der Waals surface area (Å²) in [6.07, 6.45) is -25.4. The van der Waals surface area contributed by atoms with Crippen LogP contribution in [-0.2, 0) is 57.0 Å². The summed E-state index contributed by atoms with van der Waals surface area (Å²) in [7, 11) is 1.33. The number of hydrogen-bond acceptors (Lipinski definition) is 23. The number of nitrogens with one attached hydrogen (secondary N) is 2. The van der Waals surface area contributed by atoms with E-state index < -0.39 is 161 Å². The first kappa shape index (κ1) is 53.3. The molecule has 2 amide bonds. The molecule has 25 heteroatoms. The van der Waals surface area contributed by atoms with Crippen LogP contribution >= 0.6 is 0 Å². The molecule has 0 aromatic carbocycles. The standard InChI is InChI=1S/C38H66N2O23/c1-16(44)39-23-28(50)33(62-37-31(53)29(51)25(47)18(12-41)58-37)20(14-43)60-35(23)57-15-21-27(49)34(63-38-32(54)30(52)26(48)19(13-42)59-38)24(40-17(2)45)36(61-21)56-11-9-7-5-4-6-8-10-22(46)55-3/h18-21,23-38,41-43,47-54H,4-15H2,1-3H3,(H,39,44)(H,40,45)/t18-,19-,20-,21-,23-,24-,25+,26+,27+,28-,29+,30+,31-,32-,33-,34-,35-,36+,37+,38+/m1/s1. The lowest BCUT2D eigenvalue weighted by Crippen LogP contribution is -2.69. The Bertz CT molecular complexity index is 1400. The maximum atomic E-state index is 12.5. The van der Waals surface area contributed by atoms with E-state index in [0.717, 1.165) is 26.2 Å². The van der Waals surface area contributed by atoms with E-state index in [2.05, 4.69) is 15.4 Å². The normalized spacial score (nSPS) is 40.9. The third-order valence-electron chi connectivity index (χ3n) is 11.3. The maximum absolute atomic E-state index is 12.5. The van der Waals surface area contributed by atoms with Crippen molar-refractivity contribution in [1.82, 2.24) is 10.6 Å². The Morgan fingerprint density at radius 3 is 1.48 bits per heavy atom. The Balaban J connectivity index is 1.53. The number of aliphatic hydroxyl groups excluding tert-OH is 11. The average molecular weight is 919 g/mol. The molecule has 4 fully saturated rings. The quantitative estimate of drug-likeness (QED) is 0.0355. The highest BCUT2D eigenvalue weighted by atomic mass is 16.8. The van der Waals surface area contributed by atoms with Gasteiger partial charge in [-0.15, -0.1) is 0 Å². The lowest BCUT2D eigenvalue weighted by atomic mass is 9.94. The number of carbonyl (C=O) groups excluding carboxylic acids is 3. The minimum Gasteiger partial charge on any atom is -0.469 e. The molecule has 0 bridgehead atoms. The molecule has 25 nitrogen and oxygen atoms in total. The zero-order chi connectivity index (χ0) is 46.5. The van der Waals surface area contributed by atoms with Crippen LogP contribution in [0.25, 0.3) is 0 Å². The van der Waals surface area contributed by atoms with Crippen LogP contribution in [0.4, 0.5) is 0 Å². The molecule has 0 radical (unpaired) electrons. The fourth-order valence-electron chi connectivity index (χ4n) is 7.75. The summed E-state index contributed by atoms with van der Waals surface area (Å²) in [6.45, 7) is -0.734. The van der Waals surface area contributed by atoms with Crippen LogP contribution in [0.3, 0.4) is 0 Å². The monoisotopic (exact) mass is 918 g/mol. The molecule has 63 heavy (non-hydrogen) atoms. The topological polar surface area (TPSA) is 381 Å². The molecule has 0 aromatic heterocycles. The van der Waals surface area contributed by atoms with E-state index in [9.17, 15) is 70.6 Å². The second-order valence-electron chi connectivity index (χ2n) is 15.9. The molecule has 4 saturated heterocycles. The van der Waals surface area contributed by atoms with Crippen molar-refractivity contribution in [2.24, 2.45) is 0 Å². The molecule has 0 aliphatic carbocycles. The largest absolute Gasteiger partial charge is 0.469 e. The summed E-state index contributed by atoms with van der Waals surface area (Å²) in [6, 6.07) is -2.82. The fraction of sp³-hybridized carbons (Fsp3) is 0.921. The molecule has 13 N–H and O–H groups in total. The summed E-state index contributed by atoms with van der Waals surface area (Å²) in [4.78, 5) is 36.3. The number of hydrogen-bond donors (Lipinski definition) is 13. The highest BCUT2D eigenvalue weighted by Gasteiger charge is 2.54. The van der Waals surface area contributed by atoms with Crippen molar-refractivity contribution in [1.29, 1.82) is 0 Å². The number of aliphatic hydroxyl groups is 11. The summed E-state index contributed by atoms with van der Waals surface area (Å²) in [5.41, 5.74) is 0. The van der Waals surface area contributed by atoms with Crippen LogP contribution in [-0.4, -0.2) is 237 Å². The van der Waals surface area contributed by atoms with Gasteiger partial charge in [0, 0.05) is 26.9 Å². The number of carbonyl (C=O) groups is 3. The summed E-state index contributed by atoms with van der Waals surface area (Å²) >= 11 is 0. The van der Waals surface area contributed by atoms with E-state index in [1.807, 2.05) is 0 Å². The highest BCUT2D eigenvalue weighted by molar-refractivity contribution is 5.73. The molecule has 0 unspecified atom stereocenters. The lowest BCUT2D eigenvalue weighted by Gasteiger charge is -2.49. The second-order valence-corrected chi connectivity index (χ2v) is 15.9. The highest BCUT2D eigenvalue weighted by Crippen LogP contribution is 2.33. The van der Waals surface area contributed by atoms with E-state index >= 15 is 0 Å². The van der Waals surface area contributed by atoms with Crippen molar-refractivity contribution in [3.05, 3.63) is 0 Å². The third-order valence-corrected chi connectivity index (χ3v) is 11.3. The van der Waals surface area contributed by atoms with E-state index in [0.29, 0.717) is 25.7 Å². The van der Waals surface area contributed by atoms with E-state index in [4.69, 9.17) is 37.9 Å². The smallest absolute Gasteiger partial charge is 0.305 e. The summed E-state index contributed by atoms with van der Waals surface area (Å²) < 4.78 is 51.4. The van der Waals surface area contributed by atoms with Crippen LogP contribution in [0.1, 0.15) is 58.8 Å². The fourth-order valence-corrected chi connectivity index (χ4v) is 7.75. The van der Waals surface area contributed by atoms with Crippen LogP contribution in [0.15, 0.2) is 0 Å². The number of ether oxygens (including phenoxy) is 9. The first-order chi connectivity index (χ1) is 30.0. The molecule has 0 saturated carbocycles. The van der Waals surface area contributed by atoms with Gasteiger partial charge in [0.05, 0.1) is 33.5 Å². The number of amides is 2. The number of esters is 1. The van der Waals surface area contributed by atoms with Crippen LogP contribution in [0, 0.1) is 0 Å². The molecule has 4 rings (SSSR count). The van der Waals surface area contributed by atoms with Crippen molar-refractivity contribution in [3.8, 4) is 0 Å². The molecule has 4 aliphatic rings. The summed E-state index contributed by atoms with van der Waals surface area (Å²) in [5.74, 6) is -1.60. The van der Waals surface area contributed by atoms with E-state index in [1.165, 1.54) is 14.0 Å². The number of rotatable bonds is 22. The zero-order valence-corrected chi connectivity index (χ0v) is 35.4. The van der Waals surface area contributed by atoms with Gasteiger partial charge in [0.1, 0.15) is 97.5 Å². The van der Waals surface area contributed by atoms with Gasteiger partial charge in [-0.1, -0.05) is 25.7 Å². The Hall–Kier alpha value is -2.35. The van der Waals surface area contributed by atoms with Gasteiger partial charge in [-0.25, -0.2) is 0 Å². The van der Waals surface area contributed by atoms with Crippen molar-refractivity contribution in [2.45, 2.75) is 181 Å². The van der Waals surface area contributed by atoms with Gasteiger partial charge in [0.2, 0.25) is 11.8 Å². The Morgan fingerprint density at radius 2 is 0.952 bits per heavy atom. The van der Waals surface area contributed by atoms with E-state index in [1.54, 1.807) is 0 Å². The SMILES string of the molecule is COC(=O)CCCCCCCCO[C@H]1O[C@H](CO[C@@H]2O[C@H](CO)[C@@H](O[C@@H]3O[C@H](CO)[C@H](O)[C@H](O)[C@H]3O)[C@H](O)[C@H]2NC(C)=O)[C@H](O)[C@H](O[C@@H]2O[C@H](CO)[C@H](O)[C@H](O)[C@H]2O)[C@H]1NC(C)=O. The van der Waals surface area contributed by atoms with Crippen LogP contribution in [0.5, 0.6) is 0 Å². The van der Waals surface area contributed by atoms with Gasteiger partial charge in [-0.2, -0.15) is 0 Å². The number of unbranched alkanes of at least 4 members (excludes halogenated alkanes) is 5. The predicted molar refractivity (Wildman–Crippen MR) is 205 cm³/mol. The Labute approximate surface area is 363 Å². The molecule has 4 heterocycles. The van der Waals surface area contributed by atoms with Crippen molar-refractivity contribution < 1.29 is 113 Å². The van der Waals surface area contributed by atoms with Crippen LogP contribution in [0.2, 0.25) is 0 Å². The van der Waals surface area contributed by atoms with Gasteiger partial charge in [0.25, 0.3) is 0 Å². The van der Waals surface area contributed by atoms with Crippen LogP contribution < -0.4 is 10.6 Å². The van der Waals surface area contributed by atoms with Gasteiger partial charge in [0.15, 0.2) is 25.2 Å². The first-order valence-corrected chi connectivity index (χ1v) is 21.0. The van der Waals surface area contributed by atoms with Gasteiger partial charge in [-0.3, -0.25) is 14.4 Å². The summed E-state index contributed by atoms with van der Waals surface area (Å²) in [5, 5.41) is 121. The Morgan fingerprint density at radius 1 is 0.492 bits per heavy atom. The molecular weight excluding hydrogens is 852 g/mol. The predicted octanol–water partition coefficient (Wildman–Crippen LogP) is -6.53. The minimum absolute atomic E-state index is 0.0654.